The first-order valence-electron chi connectivity index (χ1n) is 7.26. The van der Waals surface area contributed by atoms with E-state index in [-0.39, 0.29) is 5.41 Å². The Labute approximate surface area is 123 Å². The lowest BCUT2D eigenvalue weighted by molar-refractivity contribution is 0.00313. The fourth-order valence-electron chi connectivity index (χ4n) is 1.51. The molecule has 0 aromatic rings. The highest BCUT2D eigenvalue weighted by molar-refractivity contribution is 4.91. The normalized spacial score (nSPS) is 11.5. The van der Waals surface area contributed by atoms with E-state index in [4.69, 9.17) is 24.2 Å². The number of nitrogens with zero attached hydrogens (tertiary/aromatic N) is 1. The van der Waals surface area contributed by atoms with Gasteiger partial charge in [-0.2, -0.15) is 5.26 Å². The topological polar surface area (TPSA) is 60.7 Å². The molecule has 0 N–H and O–H groups in total. The number of ether oxygens (including phenoxy) is 4. The molecule has 0 saturated heterocycles. The SMILES string of the molecule is COCCOCCOCCOCCCCC(C)(C)C#N. The van der Waals surface area contributed by atoms with Crippen molar-refractivity contribution in [2.24, 2.45) is 5.41 Å². The average molecular weight is 287 g/mol. The fraction of sp³-hybridized carbons (Fsp3) is 0.933. The van der Waals surface area contributed by atoms with Crippen LogP contribution in [0, 0.1) is 16.7 Å². The molecule has 0 saturated carbocycles. The van der Waals surface area contributed by atoms with Gasteiger partial charge < -0.3 is 18.9 Å². The standard InChI is InChI=1S/C15H29NO4/c1-15(2,14-16)6-4-5-7-18-10-11-20-13-12-19-9-8-17-3/h4-13H2,1-3H3. The van der Waals surface area contributed by atoms with E-state index in [1.165, 1.54) is 0 Å². The van der Waals surface area contributed by atoms with E-state index < -0.39 is 0 Å². The largest absolute Gasteiger partial charge is 0.382 e. The molecule has 0 fully saturated rings. The molecule has 5 heteroatoms. The summed E-state index contributed by atoms with van der Waals surface area (Å²) in [4.78, 5) is 0. The molecule has 0 unspecified atom stereocenters. The third-order valence-corrected chi connectivity index (χ3v) is 2.82. The Kier molecular flexibility index (Phi) is 12.9. The highest BCUT2D eigenvalue weighted by Crippen LogP contribution is 2.21. The van der Waals surface area contributed by atoms with Crippen LogP contribution in [-0.4, -0.2) is 53.4 Å². The molecule has 0 amide bonds. The van der Waals surface area contributed by atoms with Crippen molar-refractivity contribution < 1.29 is 18.9 Å². The van der Waals surface area contributed by atoms with E-state index >= 15 is 0 Å². The van der Waals surface area contributed by atoms with Gasteiger partial charge in [0.15, 0.2) is 0 Å². The summed E-state index contributed by atoms with van der Waals surface area (Å²) in [5.41, 5.74) is -0.216. The van der Waals surface area contributed by atoms with Crippen LogP contribution in [-0.2, 0) is 18.9 Å². The van der Waals surface area contributed by atoms with Crippen molar-refractivity contribution >= 4 is 0 Å². The van der Waals surface area contributed by atoms with Crippen LogP contribution < -0.4 is 0 Å². The Morgan fingerprint density at radius 2 is 1.30 bits per heavy atom. The second kappa shape index (κ2) is 13.3. The molecule has 0 aliphatic rings. The van der Waals surface area contributed by atoms with E-state index in [0.717, 1.165) is 25.9 Å². The van der Waals surface area contributed by atoms with Gasteiger partial charge in [-0.25, -0.2) is 0 Å². The summed E-state index contributed by atoms with van der Waals surface area (Å²) >= 11 is 0. The van der Waals surface area contributed by atoms with E-state index in [1.807, 2.05) is 13.8 Å². The Balaban J connectivity index is 3.09. The summed E-state index contributed by atoms with van der Waals surface area (Å²) in [6.07, 6.45) is 2.93. The minimum absolute atomic E-state index is 0.216. The fourth-order valence-corrected chi connectivity index (χ4v) is 1.51. The quantitative estimate of drug-likeness (QED) is 0.459. The molecule has 20 heavy (non-hydrogen) atoms. The Morgan fingerprint density at radius 3 is 1.80 bits per heavy atom. The molecule has 0 rings (SSSR count). The molecule has 0 aromatic carbocycles. The smallest absolute Gasteiger partial charge is 0.0701 e. The van der Waals surface area contributed by atoms with E-state index in [1.54, 1.807) is 7.11 Å². The molecule has 0 spiro atoms. The first-order valence-corrected chi connectivity index (χ1v) is 7.26. The maximum absolute atomic E-state index is 8.87. The van der Waals surface area contributed by atoms with Crippen LogP contribution in [0.2, 0.25) is 0 Å². The van der Waals surface area contributed by atoms with Gasteiger partial charge in [0.25, 0.3) is 0 Å². The number of rotatable bonds is 14. The number of nitriles is 1. The molecule has 0 bridgehead atoms. The molecule has 0 atom stereocenters. The van der Waals surface area contributed by atoms with Crippen molar-refractivity contribution in [2.75, 3.05) is 53.4 Å². The summed E-state index contributed by atoms with van der Waals surface area (Å²) in [7, 11) is 1.65. The van der Waals surface area contributed by atoms with Crippen LogP contribution in [0.1, 0.15) is 33.1 Å². The summed E-state index contributed by atoms with van der Waals surface area (Å²) in [6, 6.07) is 2.30. The zero-order valence-electron chi connectivity index (χ0n) is 13.2. The third kappa shape index (κ3) is 13.8. The number of methoxy groups -OCH3 is 1. The maximum Gasteiger partial charge on any atom is 0.0701 e. The van der Waals surface area contributed by atoms with Crippen molar-refractivity contribution in [2.45, 2.75) is 33.1 Å². The van der Waals surface area contributed by atoms with Crippen molar-refractivity contribution in [3.05, 3.63) is 0 Å². The molecule has 0 heterocycles. The number of hydrogen-bond acceptors (Lipinski definition) is 5. The predicted molar refractivity (Wildman–Crippen MR) is 77.6 cm³/mol. The zero-order valence-corrected chi connectivity index (χ0v) is 13.2. The monoisotopic (exact) mass is 287 g/mol. The van der Waals surface area contributed by atoms with Gasteiger partial charge >= 0.3 is 0 Å². The molecule has 0 aromatic heterocycles. The van der Waals surface area contributed by atoms with Gasteiger partial charge in [-0.3, -0.25) is 0 Å². The summed E-state index contributed by atoms with van der Waals surface area (Å²) < 4.78 is 20.9. The molecule has 5 nitrogen and oxygen atoms in total. The first-order chi connectivity index (χ1) is 9.62. The molecule has 0 radical (unpaired) electrons. The van der Waals surface area contributed by atoms with E-state index in [2.05, 4.69) is 6.07 Å². The second-order valence-corrected chi connectivity index (χ2v) is 5.28. The minimum Gasteiger partial charge on any atom is -0.382 e. The molecular formula is C15H29NO4. The van der Waals surface area contributed by atoms with Crippen LogP contribution in [0.15, 0.2) is 0 Å². The Morgan fingerprint density at radius 1 is 0.800 bits per heavy atom. The van der Waals surface area contributed by atoms with Gasteiger partial charge in [0, 0.05) is 13.7 Å². The van der Waals surface area contributed by atoms with Gasteiger partial charge in [0.2, 0.25) is 0 Å². The summed E-state index contributed by atoms with van der Waals surface area (Å²) in [5.74, 6) is 0. The number of unbranched alkanes of at least 4 members (excludes halogenated alkanes) is 1. The van der Waals surface area contributed by atoms with E-state index in [0.29, 0.717) is 39.6 Å². The van der Waals surface area contributed by atoms with E-state index in [9.17, 15) is 0 Å². The van der Waals surface area contributed by atoms with Gasteiger partial charge in [-0.05, 0) is 33.1 Å². The Bertz CT molecular complexity index is 251. The Hall–Kier alpha value is -0.670. The van der Waals surface area contributed by atoms with Crippen molar-refractivity contribution in [3.63, 3.8) is 0 Å². The van der Waals surface area contributed by atoms with Crippen LogP contribution in [0.3, 0.4) is 0 Å². The molecule has 0 aliphatic carbocycles. The first kappa shape index (κ1) is 19.3. The second-order valence-electron chi connectivity index (χ2n) is 5.28. The minimum atomic E-state index is -0.216. The number of hydrogen-bond donors (Lipinski definition) is 0. The molecule has 0 aliphatic heterocycles. The van der Waals surface area contributed by atoms with Gasteiger partial charge in [-0.1, -0.05) is 0 Å². The molecule has 118 valence electrons. The third-order valence-electron chi connectivity index (χ3n) is 2.82. The maximum atomic E-state index is 8.87. The lowest BCUT2D eigenvalue weighted by Crippen LogP contribution is -2.12. The molecular weight excluding hydrogens is 258 g/mol. The summed E-state index contributed by atoms with van der Waals surface area (Å²) in [5, 5.41) is 8.87. The van der Waals surface area contributed by atoms with Gasteiger partial charge in [0.1, 0.15) is 0 Å². The van der Waals surface area contributed by atoms with Crippen LogP contribution in [0.4, 0.5) is 0 Å². The lowest BCUT2D eigenvalue weighted by atomic mass is 9.89. The zero-order chi connectivity index (χ0) is 15.1. The summed E-state index contributed by atoms with van der Waals surface area (Å²) in [6.45, 7) is 8.27. The van der Waals surface area contributed by atoms with Crippen LogP contribution >= 0.6 is 0 Å². The van der Waals surface area contributed by atoms with Crippen molar-refractivity contribution in [1.82, 2.24) is 0 Å². The lowest BCUT2D eigenvalue weighted by Gasteiger charge is -2.14. The highest BCUT2D eigenvalue weighted by Gasteiger charge is 2.15. The van der Waals surface area contributed by atoms with Crippen LogP contribution in [0.25, 0.3) is 0 Å². The van der Waals surface area contributed by atoms with Gasteiger partial charge in [0.05, 0.1) is 51.1 Å². The van der Waals surface area contributed by atoms with Crippen molar-refractivity contribution in [3.8, 4) is 6.07 Å². The highest BCUT2D eigenvalue weighted by atomic mass is 16.6. The predicted octanol–water partition coefficient (Wildman–Crippen LogP) is 2.40. The van der Waals surface area contributed by atoms with Gasteiger partial charge in [-0.15, -0.1) is 0 Å². The van der Waals surface area contributed by atoms with Crippen LogP contribution in [0.5, 0.6) is 0 Å². The average Bonchev–Trinajstić information content (AvgIpc) is 2.44. The van der Waals surface area contributed by atoms with Crippen molar-refractivity contribution in [1.29, 1.82) is 5.26 Å².